The zero-order valence-electron chi connectivity index (χ0n) is 9.14. The number of hydrogen-bond acceptors (Lipinski definition) is 2. The number of rotatable bonds is 2. The largest absolute Gasteiger partial charge is 0.336 e. The van der Waals surface area contributed by atoms with Gasteiger partial charge in [0, 0.05) is 6.54 Å². The molecule has 1 saturated heterocycles. The van der Waals surface area contributed by atoms with E-state index in [9.17, 15) is 9.59 Å². The minimum atomic E-state index is -0.284. The molecule has 0 unspecified atom stereocenters. The van der Waals surface area contributed by atoms with Crippen molar-refractivity contribution in [2.45, 2.75) is 12.5 Å². The molecule has 0 bridgehead atoms. The zero-order valence-corrected chi connectivity index (χ0v) is 9.14. The average molecular weight is 216 g/mol. The van der Waals surface area contributed by atoms with Gasteiger partial charge >= 0.3 is 6.03 Å². The van der Waals surface area contributed by atoms with Crippen molar-refractivity contribution in [3.63, 3.8) is 0 Å². The molecule has 1 aliphatic heterocycles. The minimum absolute atomic E-state index is 0.0626. The Morgan fingerprint density at radius 2 is 2.12 bits per heavy atom. The second kappa shape index (κ2) is 4.39. The number of carbonyl (C=O) groups is 2. The number of carbonyl (C=O) groups excluding carboxylic acids is 2. The second-order valence-corrected chi connectivity index (χ2v) is 3.92. The highest BCUT2D eigenvalue weighted by molar-refractivity contribution is 6.58. The van der Waals surface area contributed by atoms with Crippen LogP contribution in [0.15, 0.2) is 30.3 Å². The Hall–Kier alpha value is -1.78. The predicted octanol–water partition coefficient (Wildman–Crippen LogP) is 0.376. The molecule has 1 N–H and O–H groups in total. The van der Waals surface area contributed by atoms with Crippen molar-refractivity contribution in [1.82, 2.24) is 10.2 Å². The normalized spacial score (nSPS) is 19.6. The Morgan fingerprint density at radius 3 is 2.75 bits per heavy atom. The Labute approximate surface area is 95.0 Å². The molecule has 1 aromatic carbocycles. The topological polar surface area (TPSA) is 49.4 Å². The lowest BCUT2D eigenvalue weighted by molar-refractivity contribution is 0.202. The van der Waals surface area contributed by atoms with Crippen LogP contribution in [0.25, 0.3) is 0 Å². The molecular weight excluding hydrogens is 203 g/mol. The summed E-state index contributed by atoms with van der Waals surface area (Å²) in [6.07, 6.45) is 0.707. The van der Waals surface area contributed by atoms with Gasteiger partial charge in [-0.1, -0.05) is 30.3 Å². The van der Waals surface area contributed by atoms with Crippen LogP contribution in [0.1, 0.15) is 5.56 Å². The maximum absolute atomic E-state index is 11.4. The lowest BCUT2D eigenvalue weighted by Crippen LogP contribution is -2.40. The molecule has 0 aliphatic carbocycles. The van der Waals surface area contributed by atoms with E-state index in [2.05, 4.69) is 5.32 Å². The van der Waals surface area contributed by atoms with Gasteiger partial charge in [-0.2, -0.15) is 0 Å². The fraction of sp³-hybridized carbons (Fsp3) is 0.273. The maximum atomic E-state index is 11.4. The van der Waals surface area contributed by atoms with Gasteiger partial charge in [0.05, 0.1) is 6.04 Å². The van der Waals surface area contributed by atoms with Gasteiger partial charge in [-0.15, -0.1) is 0 Å². The third kappa shape index (κ3) is 2.08. The fourth-order valence-corrected chi connectivity index (χ4v) is 2.00. The van der Waals surface area contributed by atoms with Gasteiger partial charge in [0.2, 0.25) is 7.85 Å². The van der Waals surface area contributed by atoms with E-state index in [-0.39, 0.29) is 17.9 Å². The second-order valence-electron chi connectivity index (χ2n) is 3.92. The molecule has 5 heteroatoms. The quantitative estimate of drug-likeness (QED) is 0.726. The Morgan fingerprint density at radius 1 is 1.44 bits per heavy atom. The van der Waals surface area contributed by atoms with Crippen molar-refractivity contribution in [2.75, 3.05) is 6.54 Å². The highest BCUT2D eigenvalue weighted by atomic mass is 16.2. The van der Waals surface area contributed by atoms with E-state index >= 15 is 0 Å². The van der Waals surface area contributed by atoms with E-state index in [0.717, 1.165) is 5.56 Å². The Balaban J connectivity index is 2.10. The van der Waals surface area contributed by atoms with Crippen LogP contribution in [0.3, 0.4) is 0 Å². The molecule has 16 heavy (non-hydrogen) atoms. The third-order valence-corrected chi connectivity index (χ3v) is 2.73. The van der Waals surface area contributed by atoms with Gasteiger partial charge in [0.25, 0.3) is 0 Å². The lowest BCUT2D eigenvalue weighted by atomic mass is 10.0. The van der Waals surface area contributed by atoms with Crippen LogP contribution in [0, 0.1) is 0 Å². The molecule has 1 aromatic rings. The van der Waals surface area contributed by atoms with E-state index in [0.29, 0.717) is 13.0 Å². The Kier molecular flexibility index (Phi) is 2.94. The first-order valence-corrected chi connectivity index (χ1v) is 5.30. The first-order chi connectivity index (χ1) is 7.68. The zero-order chi connectivity index (χ0) is 11.5. The highest BCUT2D eigenvalue weighted by Crippen LogP contribution is 2.13. The van der Waals surface area contributed by atoms with Crippen LogP contribution >= 0.6 is 0 Å². The van der Waals surface area contributed by atoms with Crippen LogP contribution < -0.4 is 5.32 Å². The van der Waals surface area contributed by atoms with Crippen LogP contribution in [0.5, 0.6) is 0 Å². The summed E-state index contributed by atoms with van der Waals surface area (Å²) in [5.41, 5.74) is 1.13. The summed E-state index contributed by atoms with van der Waals surface area (Å²) in [4.78, 5) is 24.0. The number of imide groups is 1. The molecule has 1 aliphatic rings. The van der Waals surface area contributed by atoms with Gasteiger partial charge in [0.1, 0.15) is 0 Å². The number of nitrogens with one attached hydrogen (secondary N) is 1. The van der Waals surface area contributed by atoms with Crippen molar-refractivity contribution in [3.8, 4) is 0 Å². The van der Waals surface area contributed by atoms with E-state index in [1.807, 2.05) is 30.3 Å². The predicted molar refractivity (Wildman–Crippen MR) is 63.1 cm³/mol. The molecule has 82 valence electrons. The van der Waals surface area contributed by atoms with Gasteiger partial charge in [-0.05, 0) is 12.0 Å². The smallest absolute Gasteiger partial charge is 0.323 e. The monoisotopic (exact) mass is 216 g/mol. The summed E-state index contributed by atoms with van der Waals surface area (Å²) in [6.45, 7) is 0.535. The third-order valence-electron chi connectivity index (χ3n) is 2.73. The highest BCUT2D eigenvalue weighted by Gasteiger charge is 2.33. The van der Waals surface area contributed by atoms with Crippen molar-refractivity contribution in [3.05, 3.63) is 35.9 Å². The summed E-state index contributed by atoms with van der Waals surface area (Å²) in [5.74, 6) is -0.198. The van der Waals surface area contributed by atoms with E-state index in [1.54, 1.807) is 0 Å². The first kappa shape index (κ1) is 10.7. The van der Waals surface area contributed by atoms with Crippen LogP contribution in [-0.4, -0.2) is 37.2 Å². The summed E-state index contributed by atoms with van der Waals surface area (Å²) in [5, 5.41) is 2.69. The van der Waals surface area contributed by atoms with Crippen molar-refractivity contribution in [2.24, 2.45) is 0 Å². The molecule has 1 atom stereocenters. The van der Waals surface area contributed by atoms with E-state index in [4.69, 9.17) is 0 Å². The molecule has 0 radical (unpaired) electrons. The van der Waals surface area contributed by atoms with Crippen molar-refractivity contribution in [1.29, 1.82) is 0 Å². The van der Waals surface area contributed by atoms with Gasteiger partial charge in [0.15, 0.2) is 5.81 Å². The maximum Gasteiger partial charge on any atom is 0.323 e. The summed E-state index contributed by atoms with van der Waals surface area (Å²) < 4.78 is 0. The van der Waals surface area contributed by atoms with Crippen LogP contribution in [0.2, 0.25) is 0 Å². The molecule has 1 fully saturated rings. The summed E-state index contributed by atoms with van der Waals surface area (Å²) >= 11 is 0. The van der Waals surface area contributed by atoms with Gasteiger partial charge in [-0.3, -0.25) is 9.69 Å². The molecule has 2 rings (SSSR count). The SMILES string of the molecule is BC(=O)N1C(=O)NC[C@@H]1Cc1ccccc1. The number of hydrogen-bond donors (Lipinski definition) is 1. The molecule has 4 nitrogen and oxygen atoms in total. The molecule has 0 saturated carbocycles. The summed E-state index contributed by atoms with van der Waals surface area (Å²) in [6, 6.07) is 9.52. The molecule has 3 amide bonds. The fourth-order valence-electron chi connectivity index (χ4n) is 2.00. The average Bonchev–Trinajstić information content (AvgIpc) is 2.61. The van der Waals surface area contributed by atoms with Gasteiger partial charge in [-0.25, -0.2) is 4.79 Å². The molecule has 0 spiro atoms. The standard InChI is InChI=1S/C11H13BN2O2/c12-10(15)14-9(7-13-11(14)16)6-8-4-2-1-3-5-8/h1-5,9H,6-7,12H2,(H,13,16)/t9-/m0/s1. The van der Waals surface area contributed by atoms with E-state index < -0.39 is 0 Å². The van der Waals surface area contributed by atoms with Crippen LogP contribution in [0.4, 0.5) is 9.59 Å². The number of urea groups is 1. The van der Waals surface area contributed by atoms with Crippen molar-refractivity contribution >= 4 is 19.7 Å². The summed E-state index contributed by atoms with van der Waals surface area (Å²) in [7, 11) is 1.42. The number of nitrogens with zero attached hydrogens (tertiary/aromatic N) is 1. The Bertz CT molecular complexity index is 408. The van der Waals surface area contributed by atoms with Crippen LogP contribution in [-0.2, 0) is 6.42 Å². The molecule has 0 aromatic heterocycles. The van der Waals surface area contributed by atoms with Gasteiger partial charge < -0.3 is 5.32 Å². The molecular formula is C11H13BN2O2. The van der Waals surface area contributed by atoms with Crippen molar-refractivity contribution < 1.29 is 9.59 Å². The number of benzene rings is 1. The molecule has 1 heterocycles. The number of amides is 3. The lowest BCUT2D eigenvalue weighted by Gasteiger charge is -2.19. The van der Waals surface area contributed by atoms with E-state index in [1.165, 1.54) is 12.7 Å². The first-order valence-electron chi connectivity index (χ1n) is 5.30. The minimum Gasteiger partial charge on any atom is -0.336 e.